The van der Waals surface area contributed by atoms with Crippen LogP contribution in [0.4, 0.5) is 19.0 Å². The standard InChI is InChI=1S/C22H19F3N6O/c23-22(24,25)15-3-1-2-14(10-15)20-11-17(29-32-20)19-5-4-16-13-30(8-9-31(16)19)21-18(12-26)27-6-7-28-21/h1-3,6-7,10-11,16,19H,4-5,8-9,13H2/t16-,19+/m0/s1. The number of piperazine rings is 1. The van der Waals surface area contributed by atoms with Crippen molar-refractivity contribution in [2.24, 2.45) is 0 Å². The Labute approximate surface area is 182 Å². The van der Waals surface area contributed by atoms with E-state index >= 15 is 0 Å². The van der Waals surface area contributed by atoms with Crippen LogP contribution in [0.3, 0.4) is 0 Å². The Hall–Kier alpha value is -3.45. The van der Waals surface area contributed by atoms with Crippen molar-refractivity contribution in [2.45, 2.75) is 31.1 Å². The zero-order chi connectivity index (χ0) is 22.3. The molecule has 2 aromatic heterocycles. The number of aromatic nitrogens is 3. The molecule has 1 aromatic carbocycles. The van der Waals surface area contributed by atoms with Gasteiger partial charge in [0.25, 0.3) is 0 Å². The van der Waals surface area contributed by atoms with Crippen LogP contribution in [0.5, 0.6) is 0 Å². The lowest BCUT2D eigenvalue weighted by atomic mass is 10.1. The maximum atomic E-state index is 13.0. The number of halogens is 3. The SMILES string of the molecule is N#Cc1nccnc1N1CCN2[C@@H](CC[C@@H]2c2cc(-c3cccc(C(F)(F)F)c3)on2)C1. The van der Waals surface area contributed by atoms with Crippen LogP contribution in [0.25, 0.3) is 11.3 Å². The molecule has 0 aliphatic carbocycles. The van der Waals surface area contributed by atoms with Gasteiger partial charge in [0.15, 0.2) is 17.3 Å². The van der Waals surface area contributed by atoms with Gasteiger partial charge in [-0.3, -0.25) is 4.90 Å². The number of alkyl halides is 3. The Kier molecular flexibility index (Phi) is 5.06. The normalized spacial score (nSPS) is 21.4. The van der Waals surface area contributed by atoms with Crippen LogP contribution < -0.4 is 4.90 Å². The second kappa shape index (κ2) is 7.91. The van der Waals surface area contributed by atoms with Crippen molar-refractivity contribution in [3.63, 3.8) is 0 Å². The molecule has 0 radical (unpaired) electrons. The third-order valence-electron chi connectivity index (χ3n) is 6.13. The lowest BCUT2D eigenvalue weighted by molar-refractivity contribution is -0.137. The summed E-state index contributed by atoms with van der Waals surface area (Å²) < 4.78 is 44.5. The molecule has 0 unspecified atom stereocenters. The Bertz CT molecular complexity index is 1170. The molecule has 2 aliphatic heterocycles. The van der Waals surface area contributed by atoms with Gasteiger partial charge in [-0.2, -0.15) is 18.4 Å². The number of nitriles is 1. The molecule has 164 valence electrons. The molecule has 2 saturated heterocycles. The molecule has 7 nitrogen and oxygen atoms in total. The summed E-state index contributed by atoms with van der Waals surface area (Å²) >= 11 is 0. The first-order valence-corrected chi connectivity index (χ1v) is 10.3. The van der Waals surface area contributed by atoms with Crippen LogP contribution in [-0.4, -0.2) is 45.7 Å². The van der Waals surface area contributed by atoms with Crippen molar-refractivity contribution >= 4 is 5.82 Å². The molecule has 10 heteroatoms. The summed E-state index contributed by atoms with van der Waals surface area (Å²) in [5, 5.41) is 13.5. The van der Waals surface area contributed by atoms with Crippen molar-refractivity contribution in [3.05, 3.63) is 59.7 Å². The summed E-state index contributed by atoms with van der Waals surface area (Å²) in [5.41, 5.74) is 0.679. The van der Waals surface area contributed by atoms with Crippen molar-refractivity contribution in [1.29, 1.82) is 5.26 Å². The zero-order valence-electron chi connectivity index (χ0n) is 17.0. The molecular formula is C22H19F3N6O. The first kappa shape index (κ1) is 20.5. The summed E-state index contributed by atoms with van der Waals surface area (Å²) in [6.07, 6.45) is 0.501. The van der Waals surface area contributed by atoms with E-state index in [9.17, 15) is 18.4 Å². The van der Waals surface area contributed by atoms with Crippen LogP contribution in [0.2, 0.25) is 0 Å². The van der Waals surface area contributed by atoms with E-state index in [4.69, 9.17) is 4.52 Å². The highest BCUT2D eigenvalue weighted by Gasteiger charge is 2.40. The smallest absolute Gasteiger partial charge is 0.356 e. The van der Waals surface area contributed by atoms with Gasteiger partial charge in [0.1, 0.15) is 11.8 Å². The summed E-state index contributed by atoms with van der Waals surface area (Å²) in [6, 6.07) is 9.21. The number of nitrogens with zero attached hydrogens (tertiary/aromatic N) is 6. The predicted molar refractivity (Wildman–Crippen MR) is 108 cm³/mol. The molecule has 0 bridgehead atoms. The van der Waals surface area contributed by atoms with E-state index in [0.29, 0.717) is 29.4 Å². The Balaban J connectivity index is 1.33. The van der Waals surface area contributed by atoms with Crippen LogP contribution in [0.15, 0.2) is 47.2 Å². The van der Waals surface area contributed by atoms with E-state index in [0.717, 1.165) is 43.8 Å². The van der Waals surface area contributed by atoms with Gasteiger partial charge in [0, 0.05) is 49.7 Å². The monoisotopic (exact) mass is 440 g/mol. The largest absolute Gasteiger partial charge is 0.416 e. The van der Waals surface area contributed by atoms with E-state index in [1.165, 1.54) is 12.3 Å². The van der Waals surface area contributed by atoms with E-state index < -0.39 is 11.7 Å². The van der Waals surface area contributed by atoms with E-state index in [-0.39, 0.29) is 12.1 Å². The summed E-state index contributed by atoms with van der Waals surface area (Å²) in [5.74, 6) is 0.928. The molecular weight excluding hydrogens is 421 g/mol. The molecule has 0 saturated carbocycles. The number of hydrogen-bond donors (Lipinski definition) is 0. The van der Waals surface area contributed by atoms with E-state index in [1.54, 1.807) is 18.3 Å². The van der Waals surface area contributed by atoms with Crippen LogP contribution in [-0.2, 0) is 6.18 Å². The number of benzene rings is 1. The number of rotatable bonds is 3. The topological polar surface area (TPSA) is 82.1 Å². The molecule has 32 heavy (non-hydrogen) atoms. The van der Waals surface area contributed by atoms with Gasteiger partial charge in [-0.15, -0.1) is 0 Å². The zero-order valence-corrected chi connectivity index (χ0v) is 17.0. The third-order valence-corrected chi connectivity index (χ3v) is 6.13. The highest BCUT2D eigenvalue weighted by molar-refractivity contribution is 5.59. The Morgan fingerprint density at radius 3 is 2.75 bits per heavy atom. The Morgan fingerprint density at radius 2 is 1.94 bits per heavy atom. The summed E-state index contributed by atoms with van der Waals surface area (Å²) in [4.78, 5) is 12.9. The fourth-order valence-electron chi connectivity index (χ4n) is 4.63. The molecule has 2 atom stereocenters. The molecule has 2 fully saturated rings. The van der Waals surface area contributed by atoms with Crippen molar-refractivity contribution < 1.29 is 17.7 Å². The molecule has 5 rings (SSSR count). The lowest BCUT2D eigenvalue weighted by Crippen LogP contribution is -2.51. The van der Waals surface area contributed by atoms with Crippen LogP contribution in [0.1, 0.15) is 35.8 Å². The fraction of sp³-hybridized carbons (Fsp3) is 0.364. The van der Waals surface area contributed by atoms with E-state index in [1.807, 2.05) is 0 Å². The van der Waals surface area contributed by atoms with Crippen molar-refractivity contribution in [2.75, 3.05) is 24.5 Å². The minimum atomic E-state index is -4.41. The Morgan fingerprint density at radius 1 is 1.09 bits per heavy atom. The van der Waals surface area contributed by atoms with Gasteiger partial charge in [-0.1, -0.05) is 17.3 Å². The first-order chi connectivity index (χ1) is 15.4. The highest BCUT2D eigenvalue weighted by atomic mass is 19.4. The quantitative estimate of drug-likeness (QED) is 0.608. The third kappa shape index (κ3) is 3.69. The minimum absolute atomic E-state index is 0.0442. The van der Waals surface area contributed by atoms with Gasteiger partial charge in [-0.25, -0.2) is 9.97 Å². The minimum Gasteiger partial charge on any atom is -0.356 e. The number of anilines is 1. The fourth-order valence-corrected chi connectivity index (χ4v) is 4.63. The second-order valence-electron chi connectivity index (χ2n) is 7.97. The van der Waals surface area contributed by atoms with Gasteiger partial charge in [0.05, 0.1) is 11.6 Å². The second-order valence-corrected chi connectivity index (χ2v) is 7.97. The summed E-state index contributed by atoms with van der Waals surface area (Å²) in [6.45, 7) is 2.17. The number of fused-ring (bicyclic) bond motifs is 1. The van der Waals surface area contributed by atoms with Crippen LogP contribution in [0, 0.1) is 11.3 Å². The molecule has 2 aliphatic rings. The van der Waals surface area contributed by atoms with Gasteiger partial charge < -0.3 is 9.42 Å². The maximum absolute atomic E-state index is 13.0. The van der Waals surface area contributed by atoms with Gasteiger partial charge >= 0.3 is 6.18 Å². The first-order valence-electron chi connectivity index (χ1n) is 10.3. The molecule has 3 aromatic rings. The van der Waals surface area contributed by atoms with Crippen molar-refractivity contribution in [3.8, 4) is 17.4 Å². The van der Waals surface area contributed by atoms with E-state index in [2.05, 4.69) is 31.0 Å². The molecule has 0 amide bonds. The number of hydrogen-bond acceptors (Lipinski definition) is 7. The van der Waals surface area contributed by atoms with Crippen LogP contribution >= 0.6 is 0 Å². The molecule has 0 spiro atoms. The lowest BCUT2D eigenvalue weighted by Gasteiger charge is -2.40. The maximum Gasteiger partial charge on any atom is 0.416 e. The predicted octanol–water partition coefficient (Wildman–Crippen LogP) is 4.05. The van der Waals surface area contributed by atoms with Gasteiger partial charge in [-0.05, 0) is 25.0 Å². The summed E-state index contributed by atoms with van der Waals surface area (Å²) in [7, 11) is 0. The average molecular weight is 440 g/mol. The molecule has 4 heterocycles. The van der Waals surface area contributed by atoms with Gasteiger partial charge in [0.2, 0.25) is 0 Å². The average Bonchev–Trinajstić information content (AvgIpc) is 3.45. The molecule has 0 N–H and O–H groups in total. The highest BCUT2D eigenvalue weighted by Crippen LogP contribution is 2.40. The van der Waals surface area contributed by atoms with Crippen molar-refractivity contribution in [1.82, 2.24) is 20.0 Å².